The van der Waals surface area contributed by atoms with Gasteiger partial charge in [-0.2, -0.15) is 16.8 Å². The molecule has 18 heteroatoms. The van der Waals surface area contributed by atoms with Gasteiger partial charge in [0.05, 0.1) is 19.1 Å². The van der Waals surface area contributed by atoms with Crippen LogP contribution in [0.3, 0.4) is 0 Å². The summed E-state index contributed by atoms with van der Waals surface area (Å²) in [6.07, 6.45) is -0.190. The van der Waals surface area contributed by atoms with Gasteiger partial charge in [-0.3, -0.25) is 22.5 Å². The van der Waals surface area contributed by atoms with Gasteiger partial charge in [-0.15, -0.1) is 0 Å². The van der Waals surface area contributed by atoms with E-state index in [1.807, 2.05) is 0 Å². The minimum Gasteiger partial charge on any atom is -0.455 e. The van der Waals surface area contributed by atoms with Gasteiger partial charge in [0, 0.05) is 12.5 Å². The molecule has 3 atom stereocenters. The molecule has 0 radical (unpaired) electrons. The molecule has 3 heterocycles. The molecule has 1 amide bonds. The maximum Gasteiger partial charge on any atom is 0.303 e. The lowest BCUT2D eigenvalue weighted by atomic mass is 9.96. The molecule has 1 N–H and O–H groups in total. The molecule has 3 aliphatic rings. The van der Waals surface area contributed by atoms with Crippen LogP contribution in [0.5, 0.6) is 0 Å². The Bertz CT molecular complexity index is 1870. The summed E-state index contributed by atoms with van der Waals surface area (Å²) in [4.78, 5) is 38.6. The second kappa shape index (κ2) is 13.8. The summed E-state index contributed by atoms with van der Waals surface area (Å²) in [6, 6.07) is 17.1. The Balaban J connectivity index is 1.66. The van der Waals surface area contributed by atoms with Crippen LogP contribution in [0.1, 0.15) is 29.1 Å². The largest absolute Gasteiger partial charge is 0.455 e. The summed E-state index contributed by atoms with van der Waals surface area (Å²) in [5.74, 6) is -1.14. The minimum absolute atomic E-state index is 0.0224. The van der Waals surface area contributed by atoms with E-state index >= 15 is 0 Å². The third-order valence-corrected chi connectivity index (χ3v) is 8.06. The van der Waals surface area contributed by atoms with Gasteiger partial charge >= 0.3 is 5.97 Å². The molecule has 2 aromatic carbocycles. The van der Waals surface area contributed by atoms with E-state index in [1.165, 1.54) is 17.2 Å². The van der Waals surface area contributed by atoms with Gasteiger partial charge in [-0.25, -0.2) is 15.0 Å². The van der Waals surface area contributed by atoms with Crippen LogP contribution in [0.2, 0.25) is 0 Å². The summed E-state index contributed by atoms with van der Waals surface area (Å²) < 4.78 is 78.9. The van der Waals surface area contributed by atoms with E-state index in [9.17, 15) is 26.4 Å². The standard InChI is InChI=1S/C29H31N5O11S2/c1-19(35)44-23-24(41-14-20-10-6-4-7-11-20)29(15-42-46(2,37)38,16-43-47(3,39)40)45-28(23)34-18-32-25-22(30-17-31-25)26(34)33-27(36)21-12-8-5-9-13-21/h4-13,17-18,23-24,28H,14-16H2,1-3H3,(H,33,36)/t23-,24+,28-/m1/s1. The Labute approximate surface area is 270 Å². The van der Waals surface area contributed by atoms with Crippen LogP contribution >= 0.6 is 0 Å². The molecule has 0 spiro atoms. The van der Waals surface area contributed by atoms with Gasteiger partial charge in [-0.05, 0) is 17.7 Å². The van der Waals surface area contributed by atoms with E-state index in [4.69, 9.17) is 22.6 Å². The molecule has 47 heavy (non-hydrogen) atoms. The summed E-state index contributed by atoms with van der Waals surface area (Å²) >= 11 is 0. The number of imidazole rings is 1. The van der Waals surface area contributed by atoms with Gasteiger partial charge in [0.1, 0.15) is 37.8 Å². The molecule has 250 valence electrons. The number of esters is 1. The summed E-state index contributed by atoms with van der Waals surface area (Å²) in [6.45, 7) is -0.592. The summed E-state index contributed by atoms with van der Waals surface area (Å²) in [7, 11) is -8.27. The van der Waals surface area contributed by atoms with E-state index in [0.717, 1.165) is 19.4 Å². The highest BCUT2D eigenvalue weighted by Gasteiger charge is 2.60. The number of benzene rings is 2. The molecule has 1 saturated heterocycles. The molecule has 0 unspecified atom stereocenters. The number of hydrogen-bond donors (Lipinski definition) is 1. The lowest BCUT2D eigenvalue weighted by Gasteiger charge is -2.33. The molecule has 2 aromatic rings. The number of ether oxygens (including phenoxy) is 3. The number of nitrogens with zero attached hydrogens (tertiary/aromatic N) is 4. The second-order valence-electron chi connectivity index (χ2n) is 10.7. The van der Waals surface area contributed by atoms with Crippen LogP contribution in [0.15, 0.2) is 73.3 Å². The average Bonchev–Trinajstić information content (AvgIpc) is 3.61. The van der Waals surface area contributed by atoms with Crippen molar-refractivity contribution < 1.29 is 49.0 Å². The first-order valence-corrected chi connectivity index (χ1v) is 17.6. The van der Waals surface area contributed by atoms with Crippen molar-refractivity contribution in [3.63, 3.8) is 0 Å². The number of fused-ring (bicyclic) bond motifs is 1. The van der Waals surface area contributed by atoms with Crippen molar-refractivity contribution in [3.8, 4) is 11.5 Å². The van der Waals surface area contributed by atoms with E-state index in [1.54, 1.807) is 60.7 Å². The van der Waals surface area contributed by atoms with Gasteiger partial charge in [0.2, 0.25) is 0 Å². The van der Waals surface area contributed by atoms with Crippen molar-refractivity contribution in [2.75, 3.05) is 31.0 Å². The molecule has 3 aliphatic heterocycles. The number of carbonyl (C=O) groups is 2. The highest BCUT2D eigenvalue weighted by molar-refractivity contribution is 7.86. The zero-order valence-electron chi connectivity index (χ0n) is 25.4. The zero-order valence-corrected chi connectivity index (χ0v) is 27.0. The highest BCUT2D eigenvalue weighted by Crippen LogP contribution is 2.44. The maximum atomic E-state index is 13.4. The summed E-state index contributed by atoms with van der Waals surface area (Å²) in [5.41, 5.74) is -0.917. The number of nitrogens with one attached hydrogen (secondary N) is 1. The van der Waals surface area contributed by atoms with Crippen molar-refractivity contribution in [1.29, 1.82) is 0 Å². The molecule has 0 aromatic heterocycles. The Hall–Kier alpha value is -4.33. The average molecular weight is 690 g/mol. The predicted molar refractivity (Wildman–Crippen MR) is 164 cm³/mol. The van der Waals surface area contributed by atoms with Crippen LogP contribution in [0.25, 0.3) is 11.5 Å². The fourth-order valence-electron chi connectivity index (χ4n) is 4.95. The van der Waals surface area contributed by atoms with Crippen LogP contribution in [-0.4, -0.2) is 91.8 Å². The zero-order chi connectivity index (χ0) is 33.8. The first-order valence-electron chi connectivity index (χ1n) is 14.0. The molecular formula is C29H31N5O11S2. The number of hydrogen-bond acceptors (Lipinski definition) is 14. The normalized spacial score (nSPS) is 19.4. The van der Waals surface area contributed by atoms with Crippen molar-refractivity contribution in [2.45, 2.75) is 37.6 Å². The predicted octanol–water partition coefficient (Wildman–Crippen LogP) is 1.77. The van der Waals surface area contributed by atoms with Gasteiger partial charge in [0.15, 0.2) is 29.5 Å². The van der Waals surface area contributed by atoms with Gasteiger partial charge in [0.25, 0.3) is 26.1 Å². The number of carbonyl (C=O) groups excluding carboxylic acids is 2. The molecule has 1 fully saturated rings. The Morgan fingerprint density at radius 3 is 2.13 bits per heavy atom. The van der Waals surface area contributed by atoms with E-state index in [0.29, 0.717) is 11.1 Å². The Morgan fingerprint density at radius 1 is 0.915 bits per heavy atom. The molecule has 0 aliphatic carbocycles. The van der Waals surface area contributed by atoms with Crippen molar-refractivity contribution in [1.82, 2.24) is 19.5 Å². The first kappa shape index (κ1) is 34.0. The van der Waals surface area contributed by atoms with Gasteiger partial charge in [-0.1, -0.05) is 48.5 Å². The molecule has 16 nitrogen and oxygen atoms in total. The van der Waals surface area contributed by atoms with Crippen LogP contribution in [-0.2, 0) is 54.2 Å². The van der Waals surface area contributed by atoms with Crippen LogP contribution < -0.4 is 5.32 Å². The van der Waals surface area contributed by atoms with Gasteiger partial charge < -0.3 is 19.5 Å². The van der Waals surface area contributed by atoms with Crippen molar-refractivity contribution in [3.05, 3.63) is 84.4 Å². The SMILES string of the molecule is CC(=O)O[C@H]1[C@H](n2cnc3ncnc-3c2NC(=O)c2ccccc2)OC(COS(C)(=O)=O)(COS(C)(=O)=O)[C@H]1OCc1ccccc1. The molecule has 0 bridgehead atoms. The van der Waals surface area contributed by atoms with E-state index < -0.39 is 69.4 Å². The third kappa shape index (κ3) is 8.34. The quantitative estimate of drug-likeness (QED) is 0.157. The molecule has 5 rings (SSSR count). The van der Waals surface area contributed by atoms with E-state index in [2.05, 4.69) is 20.3 Å². The van der Waals surface area contributed by atoms with Crippen LogP contribution in [0, 0.1) is 0 Å². The molecular weight excluding hydrogens is 658 g/mol. The second-order valence-corrected chi connectivity index (χ2v) is 14.0. The fourth-order valence-corrected chi connectivity index (χ4v) is 5.78. The Morgan fingerprint density at radius 2 is 1.53 bits per heavy atom. The van der Waals surface area contributed by atoms with Crippen molar-refractivity contribution in [2.24, 2.45) is 0 Å². The third-order valence-electron chi connectivity index (χ3n) is 6.97. The fraction of sp³-hybridized carbons (Fsp3) is 0.345. The van der Waals surface area contributed by atoms with Crippen molar-refractivity contribution >= 4 is 37.9 Å². The van der Waals surface area contributed by atoms with Crippen LogP contribution in [0.4, 0.5) is 5.82 Å². The number of aromatic nitrogens is 4. The monoisotopic (exact) mass is 689 g/mol. The molecule has 0 saturated carbocycles. The number of anilines is 1. The smallest absolute Gasteiger partial charge is 0.303 e. The lowest BCUT2D eigenvalue weighted by Crippen LogP contribution is -2.53. The topological polar surface area (TPSA) is 204 Å². The minimum atomic E-state index is -4.14. The Kier molecular flexibility index (Phi) is 9.99. The maximum absolute atomic E-state index is 13.4. The van der Waals surface area contributed by atoms with E-state index in [-0.39, 0.29) is 23.9 Å². The number of amides is 1. The lowest BCUT2D eigenvalue weighted by molar-refractivity contribution is -0.159. The summed E-state index contributed by atoms with van der Waals surface area (Å²) in [5, 5.41) is 2.79. The first-order chi connectivity index (χ1) is 22.2. The number of rotatable bonds is 13. The highest BCUT2D eigenvalue weighted by atomic mass is 32.2.